The topological polar surface area (TPSA) is 72.6 Å². The summed E-state index contributed by atoms with van der Waals surface area (Å²) in [6.07, 6.45) is 0.993. The molecule has 0 aliphatic carbocycles. The molecule has 0 saturated carbocycles. The molecule has 2 aromatic heterocycles. The molecule has 0 spiro atoms. The summed E-state index contributed by atoms with van der Waals surface area (Å²) in [6.45, 7) is 5.06. The van der Waals surface area contributed by atoms with Gasteiger partial charge in [-0.1, -0.05) is 0 Å². The summed E-state index contributed by atoms with van der Waals surface area (Å²) in [4.78, 5) is 4.41. The maximum Gasteiger partial charge on any atom is 0.243 e. The average molecular weight is 261 g/mol. The Kier molecular flexibility index (Phi) is 2.69. The summed E-state index contributed by atoms with van der Waals surface area (Å²) in [5.41, 5.74) is 3.52. The molecule has 0 amide bonds. The third kappa shape index (κ3) is 1.76. The highest BCUT2D eigenvalue weighted by molar-refractivity contribution is 5.40. The second kappa shape index (κ2) is 4.25. The first-order chi connectivity index (χ1) is 9.11. The fourth-order valence-corrected chi connectivity index (χ4v) is 2.75. The predicted octanol–water partition coefficient (Wildman–Crippen LogP) is 1.08. The number of aromatic nitrogens is 5. The standard InChI is InChI=1S/C12H19N7/c1-7-10(8(2)18(4)16-7)9-5-6-14-12-15-11(13-3)17-19(9)12/h9H,5-6H2,1-4H3,(H2,13,14,15,17). The molecule has 1 aliphatic rings. The molecular weight excluding hydrogens is 242 g/mol. The highest BCUT2D eigenvalue weighted by Gasteiger charge is 2.28. The van der Waals surface area contributed by atoms with E-state index in [0.29, 0.717) is 5.95 Å². The van der Waals surface area contributed by atoms with Crippen molar-refractivity contribution in [2.45, 2.75) is 26.3 Å². The maximum atomic E-state index is 4.51. The Balaban J connectivity index is 2.10. The minimum absolute atomic E-state index is 0.208. The second-order valence-corrected chi connectivity index (χ2v) is 4.89. The van der Waals surface area contributed by atoms with E-state index < -0.39 is 0 Å². The molecule has 102 valence electrons. The van der Waals surface area contributed by atoms with Crippen LogP contribution in [0.15, 0.2) is 0 Å². The third-order valence-electron chi connectivity index (χ3n) is 3.75. The van der Waals surface area contributed by atoms with Crippen molar-refractivity contribution >= 4 is 11.9 Å². The van der Waals surface area contributed by atoms with Crippen molar-refractivity contribution in [1.82, 2.24) is 24.5 Å². The molecule has 0 aromatic carbocycles. The second-order valence-electron chi connectivity index (χ2n) is 4.89. The summed E-state index contributed by atoms with van der Waals surface area (Å²) < 4.78 is 3.90. The number of aryl methyl sites for hydroxylation is 2. The van der Waals surface area contributed by atoms with Crippen LogP contribution in [0.2, 0.25) is 0 Å². The van der Waals surface area contributed by atoms with Crippen LogP contribution in [0.4, 0.5) is 11.9 Å². The Labute approximate surface area is 112 Å². The van der Waals surface area contributed by atoms with Crippen LogP contribution in [0, 0.1) is 13.8 Å². The lowest BCUT2D eigenvalue weighted by atomic mass is 10.0. The van der Waals surface area contributed by atoms with Crippen molar-refractivity contribution < 1.29 is 0 Å². The summed E-state index contributed by atoms with van der Waals surface area (Å²) in [6, 6.07) is 0.208. The molecule has 3 rings (SSSR count). The van der Waals surface area contributed by atoms with Gasteiger partial charge in [0.15, 0.2) is 0 Å². The van der Waals surface area contributed by atoms with Gasteiger partial charge in [-0.05, 0) is 20.3 Å². The zero-order valence-electron chi connectivity index (χ0n) is 11.7. The largest absolute Gasteiger partial charge is 0.356 e. The van der Waals surface area contributed by atoms with Gasteiger partial charge in [0.2, 0.25) is 11.9 Å². The lowest BCUT2D eigenvalue weighted by Gasteiger charge is -2.24. The summed E-state index contributed by atoms with van der Waals surface area (Å²) in [7, 11) is 3.81. The van der Waals surface area contributed by atoms with Crippen molar-refractivity contribution in [2.24, 2.45) is 7.05 Å². The summed E-state index contributed by atoms with van der Waals surface area (Å²) in [5, 5.41) is 15.3. The van der Waals surface area contributed by atoms with Gasteiger partial charge in [0, 0.05) is 31.9 Å². The molecule has 19 heavy (non-hydrogen) atoms. The lowest BCUT2D eigenvalue weighted by molar-refractivity contribution is 0.477. The van der Waals surface area contributed by atoms with E-state index in [4.69, 9.17) is 0 Å². The zero-order valence-corrected chi connectivity index (χ0v) is 11.7. The van der Waals surface area contributed by atoms with Gasteiger partial charge in [-0.25, -0.2) is 4.68 Å². The van der Waals surface area contributed by atoms with E-state index in [2.05, 4.69) is 39.7 Å². The van der Waals surface area contributed by atoms with Crippen LogP contribution >= 0.6 is 0 Å². The van der Waals surface area contributed by atoms with Crippen molar-refractivity contribution in [2.75, 3.05) is 24.2 Å². The number of nitrogens with zero attached hydrogens (tertiary/aromatic N) is 5. The first-order valence-corrected chi connectivity index (χ1v) is 6.50. The van der Waals surface area contributed by atoms with Crippen LogP contribution in [0.1, 0.15) is 29.4 Å². The predicted molar refractivity (Wildman–Crippen MR) is 73.5 cm³/mol. The molecule has 7 nitrogen and oxygen atoms in total. The van der Waals surface area contributed by atoms with E-state index >= 15 is 0 Å². The van der Waals surface area contributed by atoms with Crippen molar-refractivity contribution in [3.63, 3.8) is 0 Å². The zero-order chi connectivity index (χ0) is 13.6. The molecule has 0 bridgehead atoms. The Morgan fingerprint density at radius 2 is 2.11 bits per heavy atom. The molecule has 2 aromatic rings. The van der Waals surface area contributed by atoms with Gasteiger partial charge in [-0.3, -0.25) is 4.68 Å². The van der Waals surface area contributed by atoms with E-state index in [1.54, 1.807) is 0 Å². The fourth-order valence-electron chi connectivity index (χ4n) is 2.75. The molecule has 1 atom stereocenters. The maximum absolute atomic E-state index is 4.51. The molecule has 2 N–H and O–H groups in total. The number of hydrogen-bond donors (Lipinski definition) is 2. The van der Waals surface area contributed by atoms with Crippen molar-refractivity contribution in [3.8, 4) is 0 Å². The Morgan fingerprint density at radius 3 is 2.74 bits per heavy atom. The number of hydrogen-bond acceptors (Lipinski definition) is 5. The lowest BCUT2D eigenvalue weighted by Crippen LogP contribution is -2.25. The fraction of sp³-hybridized carbons (Fsp3) is 0.583. The molecule has 7 heteroatoms. The average Bonchev–Trinajstić information content (AvgIpc) is 2.91. The minimum atomic E-state index is 0.208. The van der Waals surface area contributed by atoms with Crippen LogP contribution < -0.4 is 10.6 Å². The normalized spacial score (nSPS) is 18.0. The van der Waals surface area contributed by atoms with Gasteiger partial charge in [0.1, 0.15) is 0 Å². The third-order valence-corrected chi connectivity index (χ3v) is 3.75. The van der Waals surface area contributed by atoms with Crippen LogP contribution in [0.5, 0.6) is 0 Å². The van der Waals surface area contributed by atoms with Gasteiger partial charge in [-0.2, -0.15) is 10.1 Å². The molecule has 0 saturated heterocycles. The highest BCUT2D eigenvalue weighted by atomic mass is 15.5. The van der Waals surface area contributed by atoms with Crippen LogP contribution in [0.3, 0.4) is 0 Å². The number of rotatable bonds is 2. The van der Waals surface area contributed by atoms with Gasteiger partial charge < -0.3 is 10.6 Å². The Hall–Kier alpha value is -2.05. The van der Waals surface area contributed by atoms with E-state index in [9.17, 15) is 0 Å². The van der Waals surface area contributed by atoms with E-state index in [-0.39, 0.29) is 6.04 Å². The molecule has 3 heterocycles. The first kappa shape index (κ1) is 12.0. The minimum Gasteiger partial charge on any atom is -0.356 e. The van der Waals surface area contributed by atoms with E-state index in [1.807, 2.05) is 23.5 Å². The number of nitrogens with one attached hydrogen (secondary N) is 2. The summed E-state index contributed by atoms with van der Waals surface area (Å²) >= 11 is 0. The Bertz CT molecular complexity index is 610. The quantitative estimate of drug-likeness (QED) is 0.846. The Morgan fingerprint density at radius 1 is 1.32 bits per heavy atom. The number of anilines is 2. The molecular formula is C12H19N7. The smallest absolute Gasteiger partial charge is 0.243 e. The first-order valence-electron chi connectivity index (χ1n) is 6.50. The van der Waals surface area contributed by atoms with Gasteiger partial charge in [0.05, 0.1) is 11.7 Å². The van der Waals surface area contributed by atoms with Crippen LogP contribution in [0.25, 0.3) is 0 Å². The molecule has 1 aliphatic heterocycles. The molecule has 0 radical (unpaired) electrons. The summed E-state index contributed by atoms with van der Waals surface area (Å²) in [5.74, 6) is 1.47. The van der Waals surface area contributed by atoms with E-state index in [1.165, 1.54) is 11.3 Å². The molecule has 1 unspecified atom stereocenters. The van der Waals surface area contributed by atoms with Crippen LogP contribution in [-0.4, -0.2) is 38.1 Å². The highest BCUT2D eigenvalue weighted by Crippen LogP contribution is 2.32. The van der Waals surface area contributed by atoms with Crippen molar-refractivity contribution in [3.05, 3.63) is 17.0 Å². The monoisotopic (exact) mass is 261 g/mol. The SMILES string of the molecule is CNc1nc2n(n1)C(c1c(C)nn(C)c1C)CCN2. The van der Waals surface area contributed by atoms with Gasteiger partial charge >= 0.3 is 0 Å². The van der Waals surface area contributed by atoms with Gasteiger partial charge in [-0.15, -0.1) is 5.10 Å². The van der Waals surface area contributed by atoms with Crippen molar-refractivity contribution in [1.29, 1.82) is 0 Å². The number of fused-ring (bicyclic) bond motifs is 1. The van der Waals surface area contributed by atoms with E-state index in [0.717, 1.165) is 24.6 Å². The molecule has 0 fully saturated rings. The van der Waals surface area contributed by atoms with Crippen LogP contribution in [-0.2, 0) is 7.05 Å². The van der Waals surface area contributed by atoms with Gasteiger partial charge in [0.25, 0.3) is 0 Å².